The van der Waals surface area contributed by atoms with Crippen LogP contribution in [0.1, 0.15) is 36.8 Å². The van der Waals surface area contributed by atoms with Crippen molar-refractivity contribution in [3.8, 4) is 0 Å². The number of anilines is 1. The number of aromatic amines is 1. The molecule has 0 bridgehead atoms. The minimum atomic E-state index is -0.752. The van der Waals surface area contributed by atoms with Crippen LogP contribution in [0.25, 0.3) is 22.1 Å². The molecule has 3 heterocycles. The van der Waals surface area contributed by atoms with Crippen LogP contribution in [-0.4, -0.2) is 38.0 Å². The summed E-state index contributed by atoms with van der Waals surface area (Å²) in [5, 5.41) is 19.1. The van der Waals surface area contributed by atoms with Crippen molar-refractivity contribution in [2.45, 2.75) is 26.4 Å². The van der Waals surface area contributed by atoms with Crippen molar-refractivity contribution in [3.05, 3.63) is 77.6 Å². The molecule has 32 heavy (non-hydrogen) atoms. The summed E-state index contributed by atoms with van der Waals surface area (Å²) in [5.74, 6) is 0.302. The lowest BCUT2D eigenvalue weighted by Crippen LogP contribution is -2.11. The molecule has 8 heteroatoms. The second-order valence-corrected chi connectivity index (χ2v) is 7.57. The number of benzene rings is 1. The molecule has 3 N–H and O–H groups in total. The Morgan fingerprint density at radius 3 is 2.97 bits per heavy atom. The highest BCUT2D eigenvalue weighted by Gasteiger charge is 2.16. The molecule has 164 valence electrons. The molecular formula is C24H25FN6O. The van der Waals surface area contributed by atoms with E-state index in [9.17, 15) is 9.50 Å². The molecule has 0 spiro atoms. The van der Waals surface area contributed by atoms with Crippen LogP contribution >= 0.6 is 0 Å². The predicted molar refractivity (Wildman–Crippen MR) is 127 cm³/mol. The first kappa shape index (κ1) is 21.5. The maximum atomic E-state index is 13.7. The monoisotopic (exact) mass is 432 g/mol. The number of hydrogen-bond acceptors (Lipinski definition) is 5. The summed E-state index contributed by atoms with van der Waals surface area (Å²) >= 11 is 0. The molecule has 0 radical (unpaired) electrons. The van der Waals surface area contributed by atoms with Crippen LogP contribution in [0.4, 0.5) is 10.2 Å². The summed E-state index contributed by atoms with van der Waals surface area (Å²) in [5.41, 5.74) is 4.35. The van der Waals surface area contributed by atoms with Gasteiger partial charge in [-0.3, -0.25) is 4.99 Å². The summed E-state index contributed by atoms with van der Waals surface area (Å²) in [6.07, 6.45) is 6.45. The van der Waals surface area contributed by atoms with Crippen molar-refractivity contribution in [3.63, 3.8) is 0 Å². The van der Waals surface area contributed by atoms with Gasteiger partial charge in [-0.25, -0.2) is 9.37 Å². The third-order valence-corrected chi connectivity index (χ3v) is 5.21. The highest BCUT2D eigenvalue weighted by atomic mass is 19.1. The Morgan fingerprint density at radius 1 is 1.41 bits per heavy atom. The number of rotatable bonds is 8. The van der Waals surface area contributed by atoms with E-state index in [1.807, 2.05) is 24.4 Å². The lowest BCUT2D eigenvalue weighted by molar-refractivity contribution is 0.200. The minimum Gasteiger partial charge on any atom is -0.389 e. The Bertz CT molecular complexity index is 1330. The van der Waals surface area contributed by atoms with Crippen molar-refractivity contribution < 1.29 is 9.50 Å². The molecule has 1 atom stereocenters. The number of para-hydroxylation sites is 1. The molecule has 1 unspecified atom stereocenters. The highest BCUT2D eigenvalue weighted by Crippen LogP contribution is 2.26. The van der Waals surface area contributed by atoms with E-state index in [1.54, 1.807) is 23.7 Å². The molecule has 3 aromatic heterocycles. The lowest BCUT2D eigenvalue weighted by Gasteiger charge is -2.12. The van der Waals surface area contributed by atoms with Crippen LogP contribution in [0.5, 0.6) is 0 Å². The van der Waals surface area contributed by atoms with Gasteiger partial charge in [0.05, 0.1) is 23.8 Å². The molecule has 0 aliphatic rings. The van der Waals surface area contributed by atoms with Gasteiger partial charge in [-0.2, -0.15) is 9.61 Å². The Hall–Kier alpha value is -3.78. The van der Waals surface area contributed by atoms with Gasteiger partial charge in [-0.1, -0.05) is 18.2 Å². The third-order valence-electron chi connectivity index (χ3n) is 5.21. The van der Waals surface area contributed by atoms with Gasteiger partial charge < -0.3 is 15.4 Å². The molecular weight excluding hydrogens is 407 g/mol. The van der Waals surface area contributed by atoms with Gasteiger partial charge in [-0.15, -0.1) is 0 Å². The molecule has 1 aromatic carbocycles. The summed E-state index contributed by atoms with van der Waals surface area (Å²) in [4.78, 5) is 11.7. The van der Waals surface area contributed by atoms with Crippen molar-refractivity contribution in [1.82, 2.24) is 19.6 Å². The second kappa shape index (κ2) is 9.15. The van der Waals surface area contributed by atoms with E-state index in [0.717, 1.165) is 11.9 Å². The largest absolute Gasteiger partial charge is 0.389 e. The summed E-state index contributed by atoms with van der Waals surface area (Å²) < 4.78 is 15.3. The zero-order valence-corrected chi connectivity index (χ0v) is 18.0. The molecule has 0 saturated heterocycles. The Labute approximate surface area is 185 Å². The van der Waals surface area contributed by atoms with E-state index in [2.05, 4.69) is 38.2 Å². The van der Waals surface area contributed by atoms with E-state index in [-0.39, 0.29) is 5.83 Å². The molecule has 4 rings (SSSR count). The van der Waals surface area contributed by atoms with Gasteiger partial charge in [-0.05, 0) is 44.7 Å². The highest BCUT2D eigenvalue weighted by molar-refractivity contribution is 5.83. The van der Waals surface area contributed by atoms with Crippen molar-refractivity contribution in [1.29, 1.82) is 0 Å². The first-order valence-corrected chi connectivity index (χ1v) is 10.3. The van der Waals surface area contributed by atoms with Gasteiger partial charge in [0.1, 0.15) is 5.82 Å². The molecule has 0 saturated carbocycles. The maximum Gasteiger partial charge on any atom is 0.163 e. The Morgan fingerprint density at radius 2 is 2.22 bits per heavy atom. The standard InChI is InChI=1S/C24H25FN6O/c1-15(25)10-18(12-26-3)22-11-23(31-24(30-22)20(14-29-31)16(2)32)27-9-8-17-13-28-21-7-5-4-6-19(17)21/h4-7,10-14,16,27-28,32H,3,8-9H2,1-2H3/b15-10+,18-12+. The van der Waals surface area contributed by atoms with E-state index in [0.29, 0.717) is 34.8 Å². The van der Waals surface area contributed by atoms with E-state index < -0.39 is 6.10 Å². The number of aliphatic hydroxyl groups is 1. The fraction of sp³-hybridized carbons (Fsp3) is 0.208. The zero-order chi connectivity index (χ0) is 22.7. The molecule has 0 aliphatic carbocycles. The number of nitrogens with zero attached hydrogens (tertiary/aromatic N) is 4. The number of allylic oxidation sites excluding steroid dienone is 3. The number of fused-ring (bicyclic) bond motifs is 2. The first-order valence-electron chi connectivity index (χ1n) is 10.3. The van der Waals surface area contributed by atoms with E-state index in [1.165, 1.54) is 30.1 Å². The maximum absolute atomic E-state index is 13.7. The van der Waals surface area contributed by atoms with Crippen LogP contribution < -0.4 is 5.32 Å². The number of aromatic nitrogens is 4. The smallest absolute Gasteiger partial charge is 0.163 e. The molecule has 0 fully saturated rings. The van der Waals surface area contributed by atoms with Crippen LogP contribution in [0, 0.1) is 0 Å². The Kier molecular flexibility index (Phi) is 6.13. The molecule has 0 amide bonds. The quantitative estimate of drug-likeness (QED) is 0.275. The second-order valence-electron chi connectivity index (χ2n) is 7.57. The predicted octanol–water partition coefficient (Wildman–Crippen LogP) is 4.83. The number of aliphatic hydroxyl groups excluding tert-OH is 1. The van der Waals surface area contributed by atoms with Gasteiger partial charge in [0.15, 0.2) is 5.65 Å². The summed E-state index contributed by atoms with van der Waals surface area (Å²) in [7, 11) is 0. The normalized spacial score (nSPS) is 13.6. The number of H-pyrrole nitrogens is 1. The topological polar surface area (TPSA) is 90.6 Å². The van der Waals surface area contributed by atoms with Crippen molar-refractivity contribution in [2.24, 2.45) is 4.99 Å². The van der Waals surface area contributed by atoms with Crippen LogP contribution in [0.15, 0.2) is 65.8 Å². The minimum absolute atomic E-state index is 0.375. The van der Waals surface area contributed by atoms with Crippen molar-refractivity contribution >= 4 is 34.7 Å². The fourth-order valence-corrected chi connectivity index (χ4v) is 3.70. The SMILES string of the molecule is C=N/C=C(\C=C(/C)F)c1cc(NCCc2c[nH]c3ccccc23)n2ncc(C(C)O)c2n1. The van der Waals surface area contributed by atoms with Crippen LogP contribution in [0.3, 0.4) is 0 Å². The Balaban J connectivity index is 1.69. The van der Waals surface area contributed by atoms with Gasteiger partial charge >= 0.3 is 0 Å². The zero-order valence-electron chi connectivity index (χ0n) is 18.0. The van der Waals surface area contributed by atoms with E-state index in [4.69, 9.17) is 0 Å². The fourth-order valence-electron chi connectivity index (χ4n) is 3.70. The van der Waals surface area contributed by atoms with E-state index >= 15 is 0 Å². The molecule has 4 aromatic rings. The third kappa shape index (κ3) is 4.31. The van der Waals surface area contributed by atoms with Gasteiger partial charge in [0, 0.05) is 47.0 Å². The molecule has 0 aliphatic heterocycles. The van der Waals surface area contributed by atoms with Gasteiger partial charge in [0.2, 0.25) is 0 Å². The van der Waals surface area contributed by atoms with Gasteiger partial charge in [0.25, 0.3) is 0 Å². The first-order chi connectivity index (χ1) is 15.5. The average molecular weight is 433 g/mol. The summed E-state index contributed by atoms with van der Waals surface area (Å²) in [6, 6.07) is 9.96. The van der Waals surface area contributed by atoms with Crippen LogP contribution in [0.2, 0.25) is 0 Å². The number of nitrogens with one attached hydrogen (secondary N) is 2. The number of aliphatic imine (C=N–C) groups is 1. The van der Waals surface area contributed by atoms with Crippen molar-refractivity contribution in [2.75, 3.05) is 11.9 Å². The lowest BCUT2D eigenvalue weighted by atomic mass is 10.1. The molecule has 7 nitrogen and oxygen atoms in total. The van der Waals surface area contributed by atoms with Crippen LogP contribution in [-0.2, 0) is 6.42 Å². The summed E-state index contributed by atoms with van der Waals surface area (Å²) in [6.45, 7) is 7.13. The number of hydrogen-bond donors (Lipinski definition) is 3. The average Bonchev–Trinajstić information content (AvgIpc) is 3.37. The number of halogens is 1.